The lowest BCUT2D eigenvalue weighted by atomic mass is 10.1. The molecule has 0 radical (unpaired) electrons. The number of furan rings is 1. The van der Waals surface area contributed by atoms with Gasteiger partial charge in [-0.3, -0.25) is 4.79 Å². The van der Waals surface area contributed by atoms with E-state index in [1.54, 1.807) is 0 Å². The summed E-state index contributed by atoms with van der Waals surface area (Å²) in [5.74, 6) is 0.460. The zero-order chi connectivity index (χ0) is 14.1. The Morgan fingerprint density at radius 1 is 1.29 bits per heavy atom. The number of piperidine rings is 1. The van der Waals surface area contributed by atoms with Gasteiger partial charge in [0.05, 0.1) is 0 Å². The van der Waals surface area contributed by atoms with Gasteiger partial charge in [-0.05, 0) is 45.0 Å². The van der Waals surface area contributed by atoms with E-state index in [0.717, 1.165) is 36.9 Å². The zero-order valence-electron chi connectivity index (χ0n) is 12.4. The Hall–Kier alpha value is -1.52. The first kappa shape index (κ1) is 15.9. The van der Waals surface area contributed by atoms with Crippen LogP contribution in [0.15, 0.2) is 28.7 Å². The van der Waals surface area contributed by atoms with E-state index in [1.807, 2.05) is 43.1 Å². The molecular weight excluding hydrogens is 288 g/mol. The van der Waals surface area contributed by atoms with Crippen LogP contribution in [-0.2, 0) is 0 Å². The summed E-state index contributed by atoms with van der Waals surface area (Å²) in [6, 6.07) is 8.35. The lowest BCUT2D eigenvalue weighted by Crippen LogP contribution is -2.43. The molecule has 21 heavy (non-hydrogen) atoms. The smallest absolute Gasteiger partial charge is 0.289 e. The Morgan fingerprint density at radius 3 is 2.67 bits per heavy atom. The summed E-state index contributed by atoms with van der Waals surface area (Å²) in [6.45, 7) is 3.62. The van der Waals surface area contributed by atoms with Crippen LogP contribution < -0.4 is 5.32 Å². The number of hydrogen-bond acceptors (Lipinski definition) is 3. The average Bonchev–Trinajstić information content (AvgIpc) is 2.89. The van der Waals surface area contributed by atoms with Crippen LogP contribution in [0.1, 0.15) is 29.0 Å². The van der Waals surface area contributed by atoms with Gasteiger partial charge in [0.25, 0.3) is 5.91 Å². The zero-order valence-corrected chi connectivity index (χ0v) is 13.2. The van der Waals surface area contributed by atoms with Crippen LogP contribution in [0.25, 0.3) is 11.0 Å². The molecule has 114 valence electrons. The van der Waals surface area contributed by atoms with Gasteiger partial charge in [-0.15, -0.1) is 12.4 Å². The van der Waals surface area contributed by atoms with E-state index < -0.39 is 0 Å². The van der Waals surface area contributed by atoms with Gasteiger partial charge in [-0.1, -0.05) is 11.6 Å². The van der Waals surface area contributed by atoms with Crippen molar-refractivity contribution < 1.29 is 9.21 Å². The molecule has 0 bridgehead atoms. The van der Waals surface area contributed by atoms with Crippen molar-refractivity contribution in [2.45, 2.75) is 25.8 Å². The number of benzene rings is 1. The first-order chi connectivity index (χ1) is 9.67. The van der Waals surface area contributed by atoms with E-state index in [2.05, 4.69) is 5.32 Å². The second-order valence-electron chi connectivity index (χ2n) is 5.51. The highest BCUT2D eigenvalue weighted by Crippen LogP contribution is 2.22. The number of fused-ring (bicyclic) bond motifs is 1. The fourth-order valence-electron chi connectivity index (χ4n) is 2.80. The molecule has 3 rings (SSSR count). The van der Waals surface area contributed by atoms with Crippen LogP contribution in [0.2, 0.25) is 0 Å². The molecule has 0 saturated carbocycles. The Bertz CT molecular complexity index is 630. The predicted molar refractivity (Wildman–Crippen MR) is 86.2 cm³/mol. The standard InChI is InChI=1S/C16H20N2O2.ClH/c1-11-3-4-14-12(9-11)10-15(20-14)16(19)18-7-5-13(17-2)6-8-18;/h3-4,9-10,13,17H,5-8H2,1-2H3;1H. The molecule has 0 spiro atoms. The van der Waals surface area contributed by atoms with E-state index in [1.165, 1.54) is 5.56 Å². The molecule has 0 atom stereocenters. The maximum Gasteiger partial charge on any atom is 0.289 e. The highest BCUT2D eigenvalue weighted by Gasteiger charge is 2.24. The molecule has 1 aromatic heterocycles. The summed E-state index contributed by atoms with van der Waals surface area (Å²) in [7, 11) is 1.98. The monoisotopic (exact) mass is 308 g/mol. The molecule has 1 amide bonds. The van der Waals surface area contributed by atoms with E-state index in [0.29, 0.717) is 11.8 Å². The summed E-state index contributed by atoms with van der Waals surface area (Å²) in [5, 5.41) is 4.27. The van der Waals surface area contributed by atoms with Crippen LogP contribution in [0.3, 0.4) is 0 Å². The normalized spacial score (nSPS) is 16.0. The van der Waals surface area contributed by atoms with Crippen molar-refractivity contribution in [1.82, 2.24) is 10.2 Å². The molecule has 1 aliphatic heterocycles. The molecule has 4 nitrogen and oxygen atoms in total. The van der Waals surface area contributed by atoms with Crippen LogP contribution in [0.5, 0.6) is 0 Å². The summed E-state index contributed by atoms with van der Waals surface area (Å²) in [6.07, 6.45) is 2.00. The molecule has 2 aromatic rings. The van der Waals surface area contributed by atoms with Crippen molar-refractivity contribution in [2.75, 3.05) is 20.1 Å². The molecule has 0 aliphatic carbocycles. The largest absolute Gasteiger partial charge is 0.451 e. The van der Waals surface area contributed by atoms with Crippen LogP contribution in [0.4, 0.5) is 0 Å². The first-order valence-electron chi connectivity index (χ1n) is 7.14. The van der Waals surface area contributed by atoms with Gasteiger partial charge >= 0.3 is 0 Å². The van der Waals surface area contributed by atoms with Gasteiger partial charge in [-0.2, -0.15) is 0 Å². The first-order valence-corrected chi connectivity index (χ1v) is 7.14. The molecule has 1 aliphatic rings. The quantitative estimate of drug-likeness (QED) is 0.927. The third kappa shape index (κ3) is 3.22. The Balaban J connectivity index is 0.00000161. The number of carbonyl (C=O) groups excluding carboxylic acids is 1. The summed E-state index contributed by atoms with van der Waals surface area (Å²) >= 11 is 0. The van der Waals surface area contributed by atoms with E-state index in [-0.39, 0.29) is 18.3 Å². The van der Waals surface area contributed by atoms with Crippen molar-refractivity contribution >= 4 is 29.3 Å². The van der Waals surface area contributed by atoms with Crippen LogP contribution in [0, 0.1) is 6.92 Å². The summed E-state index contributed by atoms with van der Waals surface area (Å²) in [4.78, 5) is 14.3. The number of likely N-dealkylation sites (tertiary alicyclic amines) is 1. The van der Waals surface area contributed by atoms with Gasteiger partial charge in [0.1, 0.15) is 5.58 Å². The van der Waals surface area contributed by atoms with Gasteiger partial charge < -0.3 is 14.6 Å². The minimum Gasteiger partial charge on any atom is -0.451 e. The number of carbonyl (C=O) groups is 1. The third-order valence-corrected chi connectivity index (χ3v) is 4.07. The molecule has 1 fully saturated rings. The third-order valence-electron chi connectivity index (χ3n) is 4.07. The van der Waals surface area contributed by atoms with Gasteiger partial charge in [0.2, 0.25) is 0 Å². The minimum absolute atomic E-state index is 0. The number of aryl methyl sites for hydroxylation is 1. The SMILES string of the molecule is CNC1CCN(C(=O)c2cc3cc(C)ccc3o2)CC1.Cl. The molecule has 5 heteroatoms. The Kier molecular flexibility index (Phi) is 4.91. The lowest BCUT2D eigenvalue weighted by molar-refractivity contribution is 0.0677. The molecule has 1 N–H and O–H groups in total. The van der Waals surface area contributed by atoms with Gasteiger partial charge in [0.15, 0.2) is 5.76 Å². The fraction of sp³-hybridized carbons (Fsp3) is 0.438. The summed E-state index contributed by atoms with van der Waals surface area (Å²) in [5.41, 5.74) is 1.95. The van der Waals surface area contributed by atoms with Crippen LogP contribution in [-0.4, -0.2) is 37.0 Å². The van der Waals surface area contributed by atoms with Crippen LogP contribution >= 0.6 is 12.4 Å². The van der Waals surface area contributed by atoms with E-state index >= 15 is 0 Å². The molecule has 2 heterocycles. The highest BCUT2D eigenvalue weighted by molar-refractivity contribution is 5.96. The predicted octanol–water partition coefficient (Wildman–Crippen LogP) is 2.99. The number of nitrogens with zero attached hydrogens (tertiary/aromatic N) is 1. The van der Waals surface area contributed by atoms with Crippen molar-refractivity contribution in [3.63, 3.8) is 0 Å². The number of nitrogens with one attached hydrogen (secondary N) is 1. The number of amides is 1. The Morgan fingerprint density at radius 2 is 2.00 bits per heavy atom. The van der Waals surface area contributed by atoms with Gasteiger partial charge in [-0.25, -0.2) is 0 Å². The van der Waals surface area contributed by atoms with E-state index in [9.17, 15) is 4.79 Å². The molecular formula is C16H21ClN2O2. The highest BCUT2D eigenvalue weighted by atomic mass is 35.5. The topological polar surface area (TPSA) is 45.5 Å². The minimum atomic E-state index is 0. The second kappa shape index (κ2) is 6.50. The van der Waals surface area contributed by atoms with Crippen molar-refractivity contribution in [3.05, 3.63) is 35.6 Å². The number of rotatable bonds is 2. The van der Waals surface area contributed by atoms with Crippen molar-refractivity contribution in [1.29, 1.82) is 0 Å². The fourth-order valence-corrected chi connectivity index (χ4v) is 2.80. The summed E-state index contributed by atoms with van der Waals surface area (Å²) < 4.78 is 5.68. The van der Waals surface area contributed by atoms with E-state index in [4.69, 9.17) is 4.42 Å². The second-order valence-corrected chi connectivity index (χ2v) is 5.51. The molecule has 1 aromatic carbocycles. The maximum absolute atomic E-state index is 12.5. The average molecular weight is 309 g/mol. The van der Waals surface area contributed by atoms with Crippen molar-refractivity contribution in [3.8, 4) is 0 Å². The van der Waals surface area contributed by atoms with Gasteiger partial charge in [0, 0.05) is 24.5 Å². The number of hydrogen-bond donors (Lipinski definition) is 1. The Labute approximate surface area is 130 Å². The lowest BCUT2D eigenvalue weighted by Gasteiger charge is -2.31. The number of halogens is 1. The maximum atomic E-state index is 12.5. The molecule has 1 saturated heterocycles. The molecule has 0 unspecified atom stereocenters. The van der Waals surface area contributed by atoms with Crippen molar-refractivity contribution in [2.24, 2.45) is 0 Å².